The number of hydrogen-bond donors (Lipinski definition) is 0. The average Bonchev–Trinajstić information content (AvgIpc) is 3.16. The van der Waals surface area contributed by atoms with Gasteiger partial charge in [-0.2, -0.15) is 0 Å². The molecular weight excluding hydrogens is 348 g/mol. The quantitative estimate of drug-likeness (QED) is 0.645. The normalized spacial score (nSPS) is 16.2. The van der Waals surface area contributed by atoms with Crippen LogP contribution in [0, 0.1) is 0 Å². The molecule has 3 aromatic rings. The summed E-state index contributed by atoms with van der Waals surface area (Å²) in [7, 11) is 0. The topological polar surface area (TPSA) is 90.3 Å². The Morgan fingerprint density at radius 1 is 0.963 bits per heavy atom. The van der Waals surface area contributed by atoms with Crippen molar-refractivity contribution in [2.75, 3.05) is 6.54 Å². The molecule has 1 aliphatic heterocycles. The second-order valence-corrected chi connectivity index (χ2v) is 6.72. The van der Waals surface area contributed by atoms with E-state index in [9.17, 15) is 14.4 Å². The lowest BCUT2D eigenvalue weighted by molar-refractivity contribution is 0.0647. The standard InChI is InChI=1S/C19H16N4O4/c24-17-13-4-1-2-5-14(13)18(25)21(17)9-10-22-19(26)23(12-7-8-12)16(20-22)15-6-3-11-27-15/h1-6,11-12H,7-10H2. The summed E-state index contributed by atoms with van der Waals surface area (Å²) < 4.78 is 8.35. The lowest BCUT2D eigenvalue weighted by Gasteiger charge is -2.12. The van der Waals surface area contributed by atoms with Gasteiger partial charge in [0.05, 0.1) is 23.9 Å². The smallest absolute Gasteiger partial charge is 0.346 e. The number of carbonyl (C=O) groups is 2. The van der Waals surface area contributed by atoms with Gasteiger partial charge in [-0.1, -0.05) is 12.1 Å². The minimum absolute atomic E-state index is 0.0888. The van der Waals surface area contributed by atoms with Crippen molar-refractivity contribution in [2.24, 2.45) is 0 Å². The zero-order chi connectivity index (χ0) is 18.5. The molecule has 2 amide bonds. The third kappa shape index (κ3) is 2.44. The Balaban J connectivity index is 1.43. The number of fused-ring (bicyclic) bond motifs is 1. The average molecular weight is 364 g/mol. The third-order valence-corrected chi connectivity index (χ3v) is 4.94. The number of carbonyl (C=O) groups excluding carboxylic acids is 2. The highest BCUT2D eigenvalue weighted by Crippen LogP contribution is 2.36. The number of nitrogens with zero attached hydrogens (tertiary/aromatic N) is 4. The van der Waals surface area contributed by atoms with E-state index < -0.39 is 0 Å². The van der Waals surface area contributed by atoms with Crippen LogP contribution in [-0.2, 0) is 6.54 Å². The molecule has 136 valence electrons. The van der Waals surface area contributed by atoms with Gasteiger partial charge in [-0.05, 0) is 37.1 Å². The molecule has 3 heterocycles. The van der Waals surface area contributed by atoms with Gasteiger partial charge in [0.15, 0.2) is 5.76 Å². The van der Waals surface area contributed by atoms with E-state index in [-0.39, 0.29) is 36.6 Å². The SMILES string of the molecule is O=C1c2ccccc2C(=O)N1CCn1nc(-c2ccco2)n(C2CC2)c1=O. The van der Waals surface area contributed by atoms with Crippen LogP contribution in [0.2, 0.25) is 0 Å². The molecule has 0 N–H and O–H groups in total. The fourth-order valence-electron chi connectivity index (χ4n) is 3.44. The number of rotatable bonds is 5. The molecule has 1 aromatic carbocycles. The van der Waals surface area contributed by atoms with Crippen molar-refractivity contribution in [2.45, 2.75) is 25.4 Å². The van der Waals surface area contributed by atoms with E-state index in [1.54, 1.807) is 41.0 Å². The molecule has 1 fully saturated rings. The predicted octanol–water partition coefficient (Wildman–Crippen LogP) is 1.94. The molecule has 2 aromatic heterocycles. The molecule has 8 heteroatoms. The zero-order valence-electron chi connectivity index (χ0n) is 14.4. The summed E-state index contributed by atoms with van der Waals surface area (Å²) in [6.07, 6.45) is 3.39. The summed E-state index contributed by atoms with van der Waals surface area (Å²) >= 11 is 0. The van der Waals surface area contributed by atoms with Crippen LogP contribution >= 0.6 is 0 Å². The van der Waals surface area contributed by atoms with Crippen LogP contribution < -0.4 is 5.69 Å². The van der Waals surface area contributed by atoms with Gasteiger partial charge in [-0.15, -0.1) is 5.10 Å². The molecular formula is C19H16N4O4. The number of benzene rings is 1. The second-order valence-electron chi connectivity index (χ2n) is 6.72. The van der Waals surface area contributed by atoms with E-state index in [1.807, 2.05) is 0 Å². The van der Waals surface area contributed by atoms with E-state index in [0.717, 1.165) is 12.8 Å². The third-order valence-electron chi connectivity index (χ3n) is 4.94. The molecule has 0 saturated heterocycles. The first-order chi connectivity index (χ1) is 13.1. The van der Waals surface area contributed by atoms with Crippen molar-refractivity contribution in [1.82, 2.24) is 19.2 Å². The Bertz CT molecular complexity index is 1070. The van der Waals surface area contributed by atoms with Crippen molar-refractivity contribution in [3.05, 3.63) is 64.3 Å². The van der Waals surface area contributed by atoms with Crippen molar-refractivity contribution in [3.63, 3.8) is 0 Å². The molecule has 27 heavy (non-hydrogen) atoms. The zero-order valence-corrected chi connectivity index (χ0v) is 14.4. The Kier molecular flexibility index (Phi) is 3.40. The second kappa shape index (κ2) is 5.80. The van der Waals surface area contributed by atoms with Gasteiger partial charge >= 0.3 is 5.69 Å². The highest BCUT2D eigenvalue weighted by molar-refractivity contribution is 6.21. The summed E-state index contributed by atoms with van der Waals surface area (Å²) in [5, 5.41) is 4.40. The molecule has 0 radical (unpaired) electrons. The van der Waals surface area contributed by atoms with E-state index in [0.29, 0.717) is 22.7 Å². The van der Waals surface area contributed by atoms with Crippen molar-refractivity contribution < 1.29 is 14.0 Å². The maximum atomic E-state index is 12.8. The van der Waals surface area contributed by atoms with Crippen LogP contribution in [0.4, 0.5) is 0 Å². The minimum atomic E-state index is -0.337. The lowest BCUT2D eigenvalue weighted by Crippen LogP contribution is -2.35. The first-order valence-electron chi connectivity index (χ1n) is 8.83. The van der Waals surface area contributed by atoms with Gasteiger partial charge in [0.2, 0.25) is 5.82 Å². The lowest BCUT2D eigenvalue weighted by atomic mass is 10.1. The Morgan fingerprint density at radius 2 is 1.67 bits per heavy atom. The van der Waals surface area contributed by atoms with Gasteiger partial charge in [0, 0.05) is 12.6 Å². The van der Waals surface area contributed by atoms with Gasteiger partial charge in [0.1, 0.15) is 0 Å². The molecule has 0 atom stereocenters. The summed E-state index contributed by atoms with van der Waals surface area (Å²) in [4.78, 5) is 38.9. The molecule has 5 rings (SSSR count). The monoisotopic (exact) mass is 364 g/mol. The van der Waals surface area contributed by atoms with Gasteiger partial charge in [0.25, 0.3) is 11.8 Å². The first-order valence-corrected chi connectivity index (χ1v) is 8.83. The van der Waals surface area contributed by atoms with Crippen LogP contribution in [0.5, 0.6) is 0 Å². The highest BCUT2D eigenvalue weighted by Gasteiger charge is 2.35. The Labute approximate surface area is 153 Å². The van der Waals surface area contributed by atoms with Crippen LogP contribution in [0.25, 0.3) is 11.6 Å². The minimum Gasteiger partial charge on any atom is -0.461 e. The number of furan rings is 1. The van der Waals surface area contributed by atoms with Crippen LogP contribution in [-0.4, -0.2) is 37.6 Å². The Hall–Kier alpha value is -3.42. The molecule has 0 unspecified atom stereocenters. The molecule has 2 aliphatic rings. The molecule has 8 nitrogen and oxygen atoms in total. The van der Waals surface area contributed by atoms with Gasteiger partial charge in [-0.3, -0.25) is 19.1 Å². The number of amides is 2. The van der Waals surface area contributed by atoms with Crippen molar-refractivity contribution >= 4 is 11.8 Å². The fourth-order valence-corrected chi connectivity index (χ4v) is 3.44. The number of imide groups is 1. The predicted molar refractivity (Wildman–Crippen MR) is 94.3 cm³/mol. The van der Waals surface area contributed by atoms with E-state index in [1.165, 1.54) is 15.8 Å². The van der Waals surface area contributed by atoms with Crippen LogP contribution in [0.15, 0.2) is 51.9 Å². The largest absolute Gasteiger partial charge is 0.461 e. The van der Waals surface area contributed by atoms with Gasteiger partial charge < -0.3 is 4.42 Å². The number of aromatic nitrogens is 3. The maximum Gasteiger partial charge on any atom is 0.346 e. The summed E-state index contributed by atoms with van der Waals surface area (Å²) in [5.74, 6) is 0.335. The van der Waals surface area contributed by atoms with Crippen LogP contribution in [0.1, 0.15) is 39.6 Å². The van der Waals surface area contributed by atoms with Gasteiger partial charge in [-0.25, -0.2) is 9.48 Å². The van der Waals surface area contributed by atoms with Crippen LogP contribution in [0.3, 0.4) is 0 Å². The molecule has 1 aliphatic carbocycles. The van der Waals surface area contributed by atoms with Crippen molar-refractivity contribution in [3.8, 4) is 11.6 Å². The van der Waals surface area contributed by atoms with E-state index in [2.05, 4.69) is 5.10 Å². The molecule has 1 saturated carbocycles. The maximum absolute atomic E-state index is 12.8. The summed E-state index contributed by atoms with van der Waals surface area (Å²) in [5.41, 5.74) is 0.546. The van der Waals surface area contributed by atoms with Crippen molar-refractivity contribution in [1.29, 1.82) is 0 Å². The first kappa shape index (κ1) is 15.8. The molecule has 0 spiro atoms. The van der Waals surface area contributed by atoms with E-state index >= 15 is 0 Å². The summed E-state index contributed by atoms with van der Waals surface area (Å²) in [6, 6.07) is 10.4. The molecule has 0 bridgehead atoms. The summed E-state index contributed by atoms with van der Waals surface area (Å²) in [6.45, 7) is 0.225. The Morgan fingerprint density at radius 3 is 2.26 bits per heavy atom. The van der Waals surface area contributed by atoms with E-state index in [4.69, 9.17) is 4.42 Å². The number of hydrogen-bond acceptors (Lipinski definition) is 5. The fraction of sp³-hybridized carbons (Fsp3) is 0.263. The highest BCUT2D eigenvalue weighted by atomic mass is 16.3.